The van der Waals surface area contributed by atoms with E-state index in [0.29, 0.717) is 31.0 Å². The first-order chi connectivity index (χ1) is 20.4. The SMILES string of the molecule is CCc1cccc2cccc(-c3ncc4c(N5CCOCC(C)(O)C5)nc(OCC56CCCN5CCC6)nc4c3F)c12. The van der Waals surface area contributed by atoms with Crippen molar-refractivity contribution in [1.29, 1.82) is 0 Å². The molecule has 0 spiro atoms. The van der Waals surface area contributed by atoms with Crippen LogP contribution >= 0.6 is 0 Å². The second-order valence-electron chi connectivity index (χ2n) is 12.4. The van der Waals surface area contributed by atoms with Gasteiger partial charge in [-0.15, -0.1) is 0 Å². The summed E-state index contributed by atoms with van der Waals surface area (Å²) in [5, 5.41) is 13.5. The molecule has 3 aliphatic rings. The second kappa shape index (κ2) is 10.7. The highest BCUT2D eigenvalue weighted by Gasteiger charge is 2.45. The van der Waals surface area contributed by atoms with Gasteiger partial charge in [0.05, 0.1) is 30.7 Å². The van der Waals surface area contributed by atoms with E-state index in [4.69, 9.17) is 14.5 Å². The molecule has 0 radical (unpaired) electrons. The lowest BCUT2D eigenvalue weighted by molar-refractivity contribution is -0.0123. The maximum Gasteiger partial charge on any atom is 0.319 e. The van der Waals surface area contributed by atoms with Gasteiger partial charge in [0.25, 0.3) is 0 Å². The minimum Gasteiger partial charge on any atom is -0.461 e. The van der Waals surface area contributed by atoms with E-state index >= 15 is 4.39 Å². The summed E-state index contributed by atoms with van der Waals surface area (Å²) in [4.78, 5) is 18.6. The van der Waals surface area contributed by atoms with Crippen LogP contribution in [0.15, 0.2) is 42.6 Å². The van der Waals surface area contributed by atoms with Crippen LogP contribution < -0.4 is 9.64 Å². The molecule has 42 heavy (non-hydrogen) atoms. The summed E-state index contributed by atoms with van der Waals surface area (Å²) < 4.78 is 28.7. The number of ether oxygens (including phenoxy) is 2. The Labute approximate surface area is 245 Å². The van der Waals surface area contributed by atoms with Crippen molar-refractivity contribution in [2.24, 2.45) is 0 Å². The molecule has 1 unspecified atom stereocenters. The predicted molar refractivity (Wildman–Crippen MR) is 162 cm³/mol. The molecule has 3 aliphatic heterocycles. The monoisotopic (exact) mass is 571 g/mol. The zero-order valence-electron chi connectivity index (χ0n) is 24.4. The van der Waals surface area contributed by atoms with Gasteiger partial charge in [-0.25, -0.2) is 4.39 Å². The van der Waals surface area contributed by atoms with Crippen molar-refractivity contribution in [3.05, 3.63) is 54.0 Å². The fourth-order valence-electron chi connectivity index (χ4n) is 7.27. The molecule has 4 aromatic rings. The first kappa shape index (κ1) is 27.4. The minimum atomic E-state index is -1.09. The molecule has 3 fully saturated rings. The fraction of sp³-hybridized carbons (Fsp3) is 0.485. The van der Waals surface area contributed by atoms with Gasteiger partial charge >= 0.3 is 6.01 Å². The van der Waals surface area contributed by atoms with E-state index in [1.807, 2.05) is 35.2 Å². The topological polar surface area (TPSA) is 83.8 Å². The van der Waals surface area contributed by atoms with Gasteiger partial charge in [0.1, 0.15) is 29.2 Å². The summed E-state index contributed by atoms with van der Waals surface area (Å²) in [7, 11) is 0. The molecule has 7 rings (SSSR count). The molecule has 1 atom stereocenters. The third-order valence-electron chi connectivity index (χ3n) is 9.30. The molecule has 0 amide bonds. The largest absolute Gasteiger partial charge is 0.461 e. The van der Waals surface area contributed by atoms with Crippen LogP contribution in [0.3, 0.4) is 0 Å². The molecule has 0 aliphatic carbocycles. The van der Waals surface area contributed by atoms with Crippen molar-refractivity contribution < 1.29 is 19.0 Å². The number of halogens is 1. The first-order valence-electron chi connectivity index (χ1n) is 15.2. The van der Waals surface area contributed by atoms with Crippen molar-refractivity contribution >= 4 is 27.5 Å². The Morgan fingerprint density at radius 1 is 1.07 bits per heavy atom. The molecule has 8 nitrogen and oxygen atoms in total. The number of β-amino-alcohol motifs (C(OH)–C–C–N with tert-alkyl or cyclic N) is 1. The first-order valence-corrected chi connectivity index (χ1v) is 15.2. The smallest absolute Gasteiger partial charge is 0.319 e. The highest BCUT2D eigenvalue weighted by atomic mass is 19.1. The maximum atomic E-state index is 16.7. The highest BCUT2D eigenvalue weighted by Crippen LogP contribution is 2.40. The lowest BCUT2D eigenvalue weighted by Gasteiger charge is -2.32. The van der Waals surface area contributed by atoms with Crippen molar-refractivity contribution in [2.45, 2.75) is 57.1 Å². The molecule has 3 saturated heterocycles. The Hall–Kier alpha value is -3.40. The van der Waals surface area contributed by atoms with Crippen LogP contribution in [0, 0.1) is 5.82 Å². The minimum absolute atomic E-state index is 0.0000514. The van der Waals surface area contributed by atoms with E-state index in [-0.39, 0.29) is 35.9 Å². The van der Waals surface area contributed by atoms with E-state index in [1.165, 1.54) is 0 Å². The van der Waals surface area contributed by atoms with Crippen LogP contribution in [0.25, 0.3) is 32.9 Å². The number of aromatic nitrogens is 3. The van der Waals surface area contributed by atoms with Crippen LogP contribution in [0.2, 0.25) is 0 Å². The lowest BCUT2D eigenvalue weighted by atomic mass is 9.95. The number of aliphatic hydroxyl groups is 1. The Morgan fingerprint density at radius 2 is 1.86 bits per heavy atom. The third kappa shape index (κ3) is 4.77. The second-order valence-corrected chi connectivity index (χ2v) is 12.4. The predicted octanol–water partition coefficient (Wildman–Crippen LogP) is 5.14. The van der Waals surface area contributed by atoms with E-state index in [9.17, 15) is 5.11 Å². The van der Waals surface area contributed by atoms with Gasteiger partial charge in [0.2, 0.25) is 0 Å². The van der Waals surface area contributed by atoms with Crippen LogP contribution in [0.5, 0.6) is 6.01 Å². The molecule has 2 aromatic carbocycles. The normalized spacial score (nSPS) is 22.5. The zero-order chi connectivity index (χ0) is 28.9. The summed E-state index contributed by atoms with van der Waals surface area (Å²) in [5.41, 5.74) is 1.22. The average Bonchev–Trinajstić information content (AvgIpc) is 3.52. The summed E-state index contributed by atoms with van der Waals surface area (Å²) in [5.74, 6) is -0.00291. The van der Waals surface area contributed by atoms with Gasteiger partial charge in [-0.05, 0) is 68.5 Å². The van der Waals surface area contributed by atoms with Gasteiger partial charge in [-0.2, -0.15) is 9.97 Å². The molecule has 220 valence electrons. The molecular formula is C33H38FN5O3. The summed E-state index contributed by atoms with van der Waals surface area (Å²) >= 11 is 0. The Bertz CT molecular complexity index is 1630. The number of nitrogens with zero attached hydrogens (tertiary/aromatic N) is 5. The number of benzene rings is 2. The van der Waals surface area contributed by atoms with E-state index < -0.39 is 11.4 Å². The Morgan fingerprint density at radius 3 is 2.64 bits per heavy atom. The zero-order valence-corrected chi connectivity index (χ0v) is 24.4. The molecule has 2 aromatic heterocycles. The quantitative estimate of drug-likeness (QED) is 0.341. The van der Waals surface area contributed by atoms with Gasteiger partial charge in [0.15, 0.2) is 5.82 Å². The molecule has 0 bridgehead atoms. The maximum absolute atomic E-state index is 16.7. The Kier molecular flexibility index (Phi) is 6.99. The highest BCUT2D eigenvalue weighted by molar-refractivity contribution is 6.00. The van der Waals surface area contributed by atoms with E-state index in [1.54, 1.807) is 13.1 Å². The van der Waals surface area contributed by atoms with Gasteiger partial charge in [-0.1, -0.05) is 43.3 Å². The van der Waals surface area contributed by atoms with Crippen LogP contribution in [0.4, 0.5) is 10.2 Å². The van der Waals surface area contributed by atoms with E-state index in [0.717, 1.165) is 67.1 Å². The van der Waals surface area contributed by atoms with Crippen molar-refractivity contribution in [2.75, 3.05) is 50.9 Å². The number of fused-ring (bicyclic) bond motifs is 3. The van der Waals surface area contributed by atoms with Crippen LogP contribution in [-0.4, -0.2) is 82.1 Å². The van der Waals surface area contributed by atoms with Gasteiger partial charge in [-0.3, -0.25) is 9.88 Å². The van der Waals surface area contributed by atoms with Gasteiger partial charge in [0, 0.05) is 18.3 Å². The molecular weight excluding hydrogens is 533 g/mol. The summed E-state index contributed by atoms with van der Waals surface area (Å²) in [6, 6.07) is 12.2. The van der Waals surface area contributed by atoms with Crippen molar-refractivity contribution in [3.8, 4) is 17.3 Å². The molecule has 5 heterocycles. The van der Waals surface area contributed by atoms with Crippen molar-refractivity contribution in [3.63, 3.8) is 0 Å². The van der Waals surface area contributed by atoms with Crippen LogP contribution in [-0.2, 0) is 11.2 Å². The summed E-state index contributed by atoms with van der Waals surface area (Å²) in [6.07, 6.45) is 6.97. The number of anilines is 1. The number of aryl methyl sites for hydroxylation is 1. The number of hydrogen-bond donors (Lipinski definition) is 1. The van der Waals surface area contributed by atoms with Gasteiger partial charge < -0.3 is 19.5 Å². The molecule has 0 saturated carbocycles. The molecule has 1 N–H and O–H groups in total. The lowest BCUT2D eigenvalue weighted by Crippen LogP contribution is -2.44. The van der Waals surface area contributed by atoms with E-state index in [2.05, 4.69) is 27.9 Å². The van der Waals surface area contributed by atoms with Crippen molar-refractivity contribution in [1.82, 2.24) is 19.9 Å². The third-order valence-corrected chi connectivity index (χ3v) is 9.30. The standard InChI is InChI=1S/C33H38FN5O3/c1-3-22-8-4-9-23-10-5-11-24(26(22)23)28-27(34)29-25(18-35-28)30(38-16-17-41-20-32(2,40)19-38)37-31(36-29)42-21-33-12-6-14-39(33)15-7-13-33/h4-5,8-11,18,40H,3,6-7,12-17,19-21H2,1-2H3. The average molecular weight is 572 g/mol. The van der Waals surface area contributed by atoms with Crippen LogP contribution in [0.1, 0.15) is 45.1 Å². The number of rotatable bonds is 6. The molecule has 9 heteroatoms. The number of pyridine rings is 1. The summed E-state index contributed by atoms with van der Waals surface area (Å²) in [6.45, 7) is 7.90. The number of hydrogen-bond acceptors (Lipinski definition) is 8. The Balaban J connectivity index is 1.37. The fourth-order valence-corrected chi connectivity index (χ4v) is 7.27.